The first-order valence-corrected chi connectivity index (χ1v) is 14.5. The average molecular weight is 706 g/mol. The molecule has 0 fully saturated rings. The summed E-state index contributed by atoms with van der Waals surface area (Å²) in [5, 5.41) is 8.37. The molecule has 0 saturated heterocycles. The fourth-order valence-corrected chi connectivity index (χ4v) is 4.90. The molecule has 1 aromatic heterocycles. The second kappa shape index (κ2) is 13.8. The van der Waals surface area contributed by atoms with Crippen LogP contribution in [0.2, 0.25) is 0 Å². The Morgan fingerprint density at radius 1 is 0.884 bits per heavy atom. The second-order valence-corrected chi connectivity index (χ2v) is 10.3. The van der Waals surface area contributed by atoms with E-state index < -0.39 is 29.9 Å². The first kappa shape index (κ1) is 31.7. The predicted octanol–water partition coefficient (Wildman–Crippen LogP) is 7.52. The molecule has 0 aliphatic rings. The third kappa shape index (κ3) is 8.00. The van der Waals surface area contributed by atoms with E-state index in [9.17, 15) is 27.2 Å². The molecule has 43 heavy (non-hydrogen) atoms. The number of hydrogen-bond donors (Lipinski definition) is 3. The Morgan fingerprint density at radius 3 is 2.16 bits per heavy atom. The topological polar surface area (TPSA) is 92.4 Å². The van der Waals surface area contributed by atoms with Gasteiger partial charge in [0.2, 0.25) is 5.91 Å². The van der Waals surface area contributed by atoms with Crippen LogP contribution in [0.3, 0.4) is 0 Å². The Labute approximate surface area is 259 Å². The maximum Gasteiger partial charge on any atom is 0.461 e. The molecule has 3 amide bonds. The lowest BCUT2D eigenvalue weighted by atomic mass is 9.80. The van der Waals surface area contributed by atoms with Gasteiger partial charge in [-0.2, -0.15) is 17.6 Å². The van der Waals surface area contributed by atoms with Gasteiger partial charge < -0.3 is 20.7 Å². The number of pyridine rings is 1. The fourth-order valence-electron chi connectivity index (χ4n) is 4.44. The Bertz CT molecular complexity index is 1560. The lowest BCUT2D eigenvalue weighted by Crippen LogP contribution is -2.50. The maximum atomic E-state index is 13.9. The fraction of sp³-hybridized carbons (Fsp3) is 0.194. The molecule has 1 atom stereocenters. The number of benzene rings is 3. The molecule has 7 nitrogen and oxygen atoms in total. The van der Waals surface area contributed by atoms with Crippen LogP contribution in [0.25, 0.3) is 0 Å². The number of amides is 3. The van der Waals surface area contributed by atoms with Gasteiger partial charge in [-0.3, -0.25) is 9.78 Å². The van der Waals surface area contributed by atoms with Crippen molar-refractivity contribution in [2.45, 2.75) is 35.8 Å². The van der Waals surface area contributed by atoms with E-state index in [1.807, 2.05) is 24.3 Å². The molecule has 0 unspecified atom stereocenters. The van der Waals surface area contributed by atoms with E-state index in [0.717, 1.165) is 17.2 Å². The van der Waals surface area contributed by atoms with Gasteiger partial charge in [0.1, 0.15) is 11.3 Å². The zero-order valence-electron chi connectivity index (χ0n) is 22.8. The van der Waals surface area contributed by atoms with Gasteiger partial charge in [0, 0.05) is 24.0 Å². The Kier molecular flexibility index (Phi) is 10.2. The number of urea groups is 1. The van der Waals surface area contributed by atoms with E-state index in [4.69, 9.17) is 0 Å². The standard InChI is InChI=1S/C31H27F4IN4O3/c1-20(41)38-25-12-5-6-13-26(25)39-29(42)40-30(17-21-8-3-2-4-9-21,27-15-14-22(18-36)19-37-27)23-10-7-11-24(16-23)43-31(34,35)28(32)33/h2-16,19,28H,17-18H2,1H3,(H,38,41)(H2,39,40,42)/t30-/m1/s1. The molecule has 4 aromatic rings. The Balaban J connectivity index is 1.85. The van der Waals surface area contributed by atoms with E-state index in [1.54, 1.807) is 54.7 Å². The molecule has 0 spiro atoms. The Morgan fingerprint density at radius 2 is 1.56 bits per heavy atom. The van der Waals surface area contributed by atoms with Crippen LogP contribution in [0.15, 0.2) is 97.2 Å². The molecule has 0 bridgehead atoms. The summed E-state index contributed by atoms with van der Waals surface area (Å²) in [4.78, 5) is 30.1. The predicted molar refractivity (Wildman–Crippen MR) is 164 cm³/mol. The van der Waals surface area contributed by atoms with E-state index >= 15 is 0 Å². The van der Waals surface area contributed by atoms with Crippen LogP contribution < -0.4 is 20.7 Å². The van der Waals surface area contributed by atoms with E-state index in [1.165, 1.54) is 19.1 Å². The van der Waals surface area contributed by atoms with Gasteiger partial charge in [0.05, 0.1) is 17.1 Å². The van der Waals surface area contributed by atoms with Gasteiger partial charge >= 0.3 is 18.6 Å². The minimum absolute atomic E-state index is 0.0971. The van der Waals surface area contributed by atoms with Crippen molar-refractivity contribution < 1.29 is 31.9 Å². The van der Waals surface area contributed by atoms with Gasteiger partial charge in [-0.25, -0.2) is 4.79 Å². The minimum Gasteiger partial charge on any atom is -0.428 e. The Hall–Kier alpha value is -4.20. The monoisotopic (exact) mass is 706 g/mol. The number of nitrogens with one attached hydrogen (secondary N) is 3. The quantitative estimate of drug-likeness (QED) is 0.0856. The van der Waals surface area contributed by atoms with Crippen LogP contribution in [-0.2, 0) is 21.2 Å². The zero-order chi connectivity index (χ0) is 31.0. The number of aromatic nitrogens is 1. The SMILES string of the molecule is CC(=O)Nc1ccccc1NC(=O)N[C@](Cc1ccccc1)(c1cccc(OC(F)(F)C(F)F)c1)c1ccc(CI)cn1. The highest BCUT2D eigenvalue weighted by Crippen LogP contribution is 2.36. The summed E-state index contributed by atoms with van der Waals surface area (Å²) < 4.78 is 58.8. The van der Waals surface area contributed by atoms with Crippen molar-refractivity contribution in [1.29, 1.82) is 0 Å². The summed E-state index contributed by atoms with van der Waals surface area (Å²) in [6.07, 6.45) is -7.06. The van der Waals surface area contributed by atoms with Gasteiger partial charge in [-0.15, -0.1) is 0 Å². The second-order valence-electron chi connectivity index (χ2n) is 9.55. The third-order valence-corrected chi connectivity index (χ3v) is 7.26. The van der Waals surface area contributed by atoms with E-state index in [2.05, 4.69) is 48.3 Å². The number of alkyl halides is 5. The van der Waals surface area contributed by atoms with Gasteiger partial charge in [-0.05, 0) is 47.0 Å². The van der Waals surface area contributed by atoms with Crippen molar-refractivity contribution in [2.24, 2.45) is 0 Å². The smallest absolute Gasteiger partial charge is 0.428 e. The third-order valence-electron chi connectivity index (χ3n) is 6.38. The highest BCUT2D eigenvalue weighted by molar-refractivity contribution is 14.1. The number of hydrogen-bond acceptors (Lipinski definition) is 4. The van der Waals surface area contributed by atoms with Crippen LogP contribution in [0.4, 0.5) is 33.7 Å². The van der Waals surface area contributed by atoms with Gasteiger partial charge in [0.15, 0.2) is 0 Å². The molecule has 12 heteroatoms. The van der Waals surface area contributed by atoms with Crippen molar-refractivity contribution in [1.82, 2.24) is 10.3 Å². The summed E-state index contributed by atoms with van der Waals surface area (Å²) in [5.41, 5.74) is 1.41. The maximum absolute atomic E-state index is 13.9. The lowest BCUT2D eigenvalue weighted by Gasteiger charge is -2.36. The summed E-state index contributed by atoms with van der Waals surface area (Å²) in [6, 6.07) is 23.7. The largest absolute Gasteiger partial charge is 0.461 e. The molecule has 3 N–H and O–H groups in total. The number of carbonyl (C=O) groups excluding carboxylic acids is 2. The summed E-state index contributed by atoms with van der Waals surface area (Å²) in [6.45, 7) is 1.33. The summed E-state index contributed by atoms with van der Waals surface area (Å²) >= 11 is 2.18. The number of halogens is 5. The van der Waals surface area contributed by atoms with E-state index in [-0.39, 0.29) is 17.9 Å². The van der Waals surface area contributed by atoms with Crippen LogP contribution in [-0.4, -0.2) is 29.5 Å². The van der Waals surface area contributed by atoms with Gasteiger partial charge in [-0.1, -0.05) is 83.3 Å². The molecule has 224 valence electrons. The molecule has 1 heterocycles. The average Bonchev–Trinajstić information content (AvgIpc) is 2.98. The number of nitrogens with zero attached hydrogens (tertiary/aromatic N) is 1. The number of anilines is 2. The lowest BCUT2D eigenvalue weighted by molar-refractivity contribution is -0.253. The zero-order valence-corrected chi connectivity index (χ0v) is 24.9. The van der Waals surface area contributed by atoms with Crippen molar-refractivity contribution in [3.63, 3.8) is 0 Å². The summed E-state index contributed by atoms with van der Waals surface area (Å²) in [5.74, 6) is -0.868. The van der Waals surface area contributed by atoms with Crippen molar-refractivity contribution in [2.75, 3.05) is 10.6 Å². The first-order chi connectivity index (χ1) is 20.5. The number of ether oxygens (including phenoxy) is 1. The molecule has 4 rings (SSSR count). The molecule has 0 aliphatic carbocycles. The minimum atomic E-state index is -4.74. The van der Waals surface area contributed by atoms with Crippen molar-refractivity contribution >= 4 is 45.9 Å². The number of para-hydroxylation sites is 2. The van der Waals surface area contributed by atoms with E-state index in [0.29, 0.717) is 21.5 Å². The highest BCUT2D eigenvalue weighted by atomic mass is 127. The number of carbonyl (C=O) groups is 2. The normalized spacial score (nSPS) is 12.7. The molecular weight excluding hydrogens is 679 g/mol. The first-order valence-electron chi connectivity index (χ1n) is 13.0. The number of rotatable bonds is 11. The van der Waals surface area contributed by atoms with Crippen LogP contribution in [0, 0.1) is 0 Å². The highest BCUT2D eigenvalue weighted by Gasteiger charge is 2.44. The molecular formula is C31H27F4IN4O3. The molecule has 3 aromatic carbocycles. The van der Waals surface area contributed by atoms with Crippen molar-refractivity contribution in [3.8, 4) is 5.75 Å². The molecule has 0 aliphatic heterocycles. The molecule has 0 saturated carbocycles. The molecule has 0 radical (unpaired) electrons. The van der Waals surface area contributed by atoms with Crippen molar-refractivity contribution in [3.05, 3.63) is 120 Å². The van der Waals surface area contributed by atoms with Gasteiger partial charge in [0.25, 0.3) is 0 Å². The van der Waals surface area contributed by atoms with Crippen LogP contribution >= 0.6 is 22.6 Å². The summed E-state index contributed by atoms with van der Waals surface area (Å²) in [7, 11) is 0. The van der Waals surface area contributed by atoms with Crippen LogP contribution in [0.1, 0.15) is 29.3 Å². The van der Waals surface area contributed by atoms with Crippen LogP contribution in [0.5, 0.6) is 5.75 Å².